The molecule has 5 heteroatoms. The van der Waals surface area contributed by atoms with E-state index in [1.54, 1.807) is 0 Å². The molecular formula is C9H6ClFN2O. The van der Waals surface area contributed by atoms with Crippen LogP contribution in [0.4, 0.5) is 4.39 Å². The minimum atomic E-state index is -0.408. The van der Waals surface area contributed by atoms with E-state index in [1.807, 2.05) is 0 Å². The first-order chi connectivity index (χ1) is 6.59. The average molecular weight is 213 g/mol. The van der Waals surface area contributed by atoms with E-state index in [2.05, 4.69) is 4.98 Å². The first kappa shape index (κ1) is 9.15. The standard InChI is InChI=1S/C9H6ClFN2O/c1-5(14)9-12-8(10)7-4-6(11)2-3-13(7)9/h2-4H,1H3. The number of nitrogens with zero attached hydrogens (tertiary/aromatic N) is 2. The molecular weight excluding hydrogens is 207 g/mol. The van der Waals surface area contributed by atoms with Gasteiger partial charge in [0, 0.05) is 19.2 Å². The fourth-order valence-corrected chi connectivity index (χ4v) is 1.50. The molecule has 2 aromatic heterocycles. The number of pyridine rings is 1. The van der Waals surface area contributed by atoms with E-state index in [0.29, 0.717) is 5.52 Å². The van der Waals surface area contributed by atoms with Crippen LogP contribution < -0.4 is 0 Å². The molecule has 0 radical (unpaired) electrons. The Morgan fingerprint density at radius 3 is 3.00 bits per heavy atom. The number of halogens is 2. The molecule has 14 heavy (non-hydrogen) atoms. The Labute approximate surface area is 84.1 Å². The topological polar surface area (TPSA) is 34.4 Å². The molecule has 2 rings (SSSR count). The van der Waals surface area contributed by atoms with Crippen LogP contribution in [0.2, 0.25) is 5.15 Å². The third-order valence-corrected chi connectivity index (χ3v) is 2.15. The number of hydrogen-bond donors (Lipinski definition) is 0. The van der Waals surface area contributed by atoms with Gasteiger partial charge in [0.05, 0.1) is 5.52 Å². The Balaban J connectivity index is 2.84. The number of carbonyl (C=O) groups is 1. The molecule has 0 amide bonds. The van der Waals surface area contributed by atoms with Crippen molar-refractivity contribution in [3.8, 4) is 0 Å². The molecule has 2 aromatic rings. The van der Waals surface area contributed by atoms with Gasteiger partial charge in [0.1, 0.15) is 5.82 Å². The van der Waals surface area contributed by atoms with Gasteiger partial charge in [-0.05, 0) is 6.07 Å². The molecule has 0 aliphatic carbocycles. The minimum Gasteiger partial charge on any atom is -0.296 e. The van der Waals surface area contributed by atoms with Crippen molar-refractivity contribution >= 4 is 22.9 Å². The maximum atomic E-state index is 12.8. The third-order valence-electron chi connectivity index (χ3n) is 1.88. The second kappa shape index (κ2) is 3.06. The SMILES string of the molecule is CC(=O)c1nc(Cl)c2cc(F)ccn12. The highest BCUT2D eigenvalue weighted by molar-refractivity contribution is 6.33. The van der Waals surface area contributed by atoms with Crippen molar-refractivity contribution in [3.05, 3.63) is 35.1 Å². The van der Waals surface area contributed by atoms with E-state index in [9.17, 15) is 9.18 Å². The van der Waals surface area contributed by atoms with Crippen LogP contribution in [0, 0.1) is 5.82 Å². The van der Waals surface area contributed by atoms with E-state index in [4.69, 9.17) is 11.6 Å². The zero-order valence-electron chi connectivity index (χ0n) is 7.29. The molecule has 3 nitrogen and oxygen atoms in total. The Bertz CT molecular complexity index is 521. The summed E-state index contributed by atoms with van der Waals surface area (Å²) in [5.74, 6) is -0.405. The molecule has 0 bridgehead atoms. The van der Waals surface area contributed by atoms with Crippen molar-refractivity contribution in [2.24, 2.45) is 0 Å². The van der Waals surface area contributed by atoms with E-state index >= 15 is 0 Å². The molecule has 0 fully saturated rings. The number of aromatic nitrogens is 2. The molecule has 0 aliphatic heterocycles. The number of carbonyl (C=O) groups excluding carboxylic acids is 1. The van der Waals surface area contributed by atoms with Gasteiger partial charge in [0.15, 0.2) is 16.8 Å². The molecule has 0 aliphatic rings. The quantitative estimate of drug-likeness (QED) is 0.680. The smallest absolute Gasteiger partial charge is 0.195 e. The molecule has 0 unspecified atom stereocenters. The molecule has 0 aromatic carbocycles. The van der Waals surface area contributed by atoms with Crippen LogP contribution in [-0.2, 0) is 0 Å². The van der Waals surface area contributed by atoms with Crippen molar-refractivity contribution in [2.75, 3.05) is 0 Å². The van der Waals surface area contributed by atoms with Gasteiger partial charge in [-0.25, -0.2) is 9.37 Å². The number of Topliss-reactive ketones (excluding diaryl/α,β-unsaturated/α-hetero) is 1. The fourth-order valence-electron chi connectivity index (χ4n) is 1.27. The molecule has 0 saturated carbocycles. The predicted molar refractivity (Wildman–Crippen MR) is 50.2 cm³/mol. The lowest BCUT2D eigenvalue weighted by molar-refractivity contribution is 0.100. The second-order valence-electron chi connectivity index (χ2n) is 2.88. The van der Waals surface area contributed by atoms with Crippen LogP contribution in [0.5, 0.6) is 0 Å². The fraction of sp³-hybridized carbons (Fsp3) is 0.111. The number of rotatable bonds is 1. The number of imidazole rings is 1. The zero-order chi connectivity index (χ0) is 10.3. The van der Waals surface area contributed by atoms with Crippen LogP contribution >= 0.6 is 11.6 Å². The molecule has 0 N–H and O–H groups in total. The lowest BCUT2D eigenvalue weighted by Crippen LogP contribution is -2.00. The van der Waals surface area contributed by atoms with Crippen molar-refractivity contribution < 1.29 is 9.18 Å². The monoisotopic (exact) mass is 212 g/mol. The zero-order valence-corrected chi connectivity index (χ0v) is 8.05. The molecule has 0 spiro atoms. The van der Waals surface area contributed by atoms with Gasteiger partial charge in [-0.2, -0.15) is 0 Å². The van der Waals surface area contributed by atoms with Crippen molar-refractivity contribution in [2.45, 2.75) is 6.92 Å². The lowest BCUT2D eigenvalue weighted by atomic mass is 10.4. The summed E-state index contributed by atoms with van der Waals surface area (Å²) in [6.45, 7) is 1.38. The van der Waals surface area contributed by atoms with Crippen LogP contribution in [0.15, 0.2) is 18.3 Å². The molecule has 72 valence electrons. The Morgan fingerprint density at radius 1 is 1.64 bits per heavy atom. The minimum absolute atomic E-state index is 0.134. The van der Waals surface area contributed by atoms with Crippen LogP contribution in [-0.4, -0.2) is 15.2 Å². The van der Waals surface area contributed by atoms with Gasteiger partial charge in [-0.1, -0.05) is 11.6 Å². The van der Waals surface area contributed by atoms with Gasteiger partial charge >= 0.3 is 0 Å². The van der Waals surface area contributed by atoms with E-state index in [1.165, 1.54) is 29.7 Å². The lowest BCUT2D eigenvalue weighted by Gasteiger charge is -1.96. The van der Waals surface area contributed by atoms with E-state index < -0.39 is 5.82 Å². The molecule has 0 atom stereocenters. The maximum Gasteiger partial charge on any atom is 0.195 e. The van der Waals surface area contributed by atoms with Gasteiger partial charge in [0.25, 0.3) is 0 Å². The normalized spacial score (nSPS) is 10.8. The molecule has 0 saturated heterocycles. The summed E-state index contributed by atoms with van der Waals surface area (Å²) in [7, 11) is 0. The van der Waals surface area contributed by atoms with Crippen LogP contribution in [0.1, 0.15) is 17.5 Å². The molecule has 2 heterocycles. The Hall–Kier alpha value is -1.42. The average Bonchev–Trinajstić information content (AvgIpc) is 2.44. The highest BCUT2D eigenvalue weighted by atomic mass is 35.5. The number of fused-ring (bicyclic) bond motifs is 1. The van der Waals surface area contributed by atoms with Gasteiger partial charge in [0.2, 0.25) is 0 Å². The number of hydrogen-bond acceptors (Lipinski definition) is 2. The van der Waals surface area contributed by atoms with Gasteiger partial charge in [-0.15, -0.1) is 0 Å². The Morgan fingerprint density at radius 2 is 2.36 bits per heavy atom. The highest BCUT2D eigenvalue weighted by Crippen LogP contribution is 2.19. The summed E-state index contributed by atoms with van der Waals surface area (Å²) in [5, 5.41) is 0.134. The summed E-state index contributed by atoms with van der Waals surface area (Å²) in [4.78, 5) is 15.0. The predicted octanol–water partition coefficient (Wildman–Crippen LogP) is 2.33. The van der Waals surface area contributed by atoms with E-state index in [0.717, 1.165) is 0 Å². The van der Waals surface area contributed by atoms with Crippen LogP contribution in [0.25, 0.3) is 5.52 Å². The summed E-state index contributed by atoms with van der Waals surface area (Å²) in [6.07, 6.45) is 1.43. The maximum absolute atomic E-state index is 12.8. The summed E-state index contributed by atoms with van der Waals surface area (Å²) in [5.41, 5.74) is 0.400. The third kappa shape index (κ3) is 1.28. The van der Waals surface area contributed by atoms with Gasteiger partial charge < -0.3 is 0 Å². The highest BCUT2D eigenvalue weighted by Gasteiger charge is 2.12. The second-order valence-corrected chi connectivity index (χ2v) is 3.24. The summed E-state index contributed by atoms with van der Waals surface area (Å²) in [6, 6.07) is 2.49. The summed E-state index contributed by atoms with van der Waals surface area (Å²) < 4.78 is 14.3. The van der Waals surface area contributed by atoms with E-state index in [-0.39, 0.29) is 16.8 Å². The van der Waals surface area contributed by atoms with Crippen molar-refractivity contribution in [3.63, 3.8) is 0 Å². The number of ketones is 1. The van der Waals surface area contributed by atoms with Crippen LogP contribution in [0.3, 0.4) is 0 Å². The van der Waals surface area contributed by atoms with Crippen molar-refractivity contribution in [1.82, 2.24) is 9.38 Å². The van der Waals surface area contributed by atoms with Crippen molar-refractivity contribution in [1.29, 1.82) is 0 Å². The first-order valence-corrected chi connectivity index (χ1v) is 4.31. The Kier molecular flexibility index (Phi) is 2.00. The van der Waals surface area contributed by atoms with Gasteiger partial charge in [-0.3, -0.25) is 9.20 Å². The first-order valence-electron chi connectivity index (χ1n) is 3.93. The largest absolute Gasteiger partial charge is 0.296 e. The summed E-state index contributed by atoms with van der Waals surface area (Å²) >= 11 is 5.74.